The van der Waals surface area contributed by atoms with Gasteiger partial charge in [-0.2, -0.15) is 0 Å². The highest BCUT2D eigenvalue weighted by Gasteiger charge is 2.54. The van der Waals surface area contributed by atoms with Crippen LogP contribution in [-0.4, -0.2) is 15.0 Å². The monoisotopic (exact) mass is 689 g/mol. The zero-order valence-corrected chi connectivity index (χ0v) is 29.1. The summed E-state index contributed by atoms with van der Waals surface area (Å²) >= 11 is 0. The third-order valence-corrected chi connectivity index (χ3v) is 11.0. The highest BCUT2D eigenvalue weighted by molar-refractivity contribution is 5.94. The van der Waals surface area contributed by atoms with E-state index in [1.54, 1.807) is 0 Å². The summed E-state index contributed by atoms with van der Waals surface area (Å²) in [7, 11) is 0. The van der Waals surface area contributed by atoms with E-state index in [-0.39, 0.29) is 0 Å². The van der Waals surface area contributed by atoms with Crippen LogP contribution in [0.15, 0.2) is 193 Å². The van der Waals surface area contributed by atoms with Gasteiger partial charge < -0.3 is 4.42 Å². The molecule has 4 nitrogen and oxygen atoms in total. The van der Waals surface area contributed by atoms with Crippen LogP contribution in [-0.2, 0) is 5.41 Å². The molecule has 252 valence electrons. The normalized spacial score (nSPS) is 14.7. The van der Waals surface area contributed by atoms with Gasteiger partial charge in [0.15, 0.2) is 17.5 Å². The maximum absolute atomic E-state index is 6.46. The second kappa shape index (κ2) is 11.9. The number of nitrogens with zero attached hydrogens (tertiary/aromatic N) is 3. The van der Waals surface area contributed by atoms with Crippen LogP contribution in [0.25, 0.3) is 78.7 Å². The molecular formula is C50H31N3O. The second-order valence-electron chi connectivity index (χ2n) is 14.0. The minimum absolute atomic E-state index is 0.590. The van der Waals surface area contributed by atoms with Gasteiger partial charge in [-0.3, -0.25) is 0 Å². The first-order valence-corrected chi connectivity index (χ1v) is 18.3. The fraction of sp³-hybridized carbons (Fsp3) is 0.0200. The summed E-state index contributed by atoms with van der Waals surface area (Å²) in [5.74, 6) is 2.82. The third kappa shape index (κ3) is 4.53. The number of rotatable bonds is 5. The number of fused-ring (bicyclic) bond motifs is 10. The van der Waals surface area contributed by atoms with Crippen LogP contribution in [0.5, 0.6) is 0 Å². The lowest BCUT2D eigenvalue weighted by Crippen LogP contribution is -2.25. The first-order valence-electron chi connectivity index (χ1n) is 18.3. The van der Waals surface area contributed by atoms with Gasteiger partial charge in [-0.1, -0.05) is 164 Å². The van der Waals surface area contributed by atoms with Crippen molar-refractivity contribution in [1.82, 2.24) is 15.0 Å². The van der Waals surface area contributed by atoms with E-state index in [9.17, 15) is 0 Å². The van der Waals surface area contributed by atoms with Crippen molar-refractivity contribution < 1.29 is 4.42 Å². The number of hydrogen-bond donors (Lipinski definition) is 0. The predicted molar refractivity (Wildman–Crippen MR) is 216 cm³/mol. The van der Waals surface area contributed by atoms with E-state index in [0.717, 1.165) is 44.7 Å². The second-order valence-corrected chi connectivity index (χ2v) is 14.0. The van der Waals surface area contributed by atoms with Crippen LogP contribution in [0.3, 0.4) is 0 Å². The summed E-state index contributed by atoms with van der Waals surface area (Å²) in [6.45, 7) is 0. The van der Waals surface area contributed by atoms with Gasteiger partial charge in [0, 0.05) is 22.3 Å². The first kappa shape index (κ1) is 30.5. The lowest BCUT2D eigenvalue weighted by Gasteiger charge is -2.28. The molecule has 0 aliphatic heterocycles. The summed E-state index contributed by atoms with van der Waals surface area (Å²) < 4.78 is 6.46. The molecule has 54 heavy (non-hydrogen) atoms. The maximum Gasteiger partial charge on any atom is 0.164 e. The van der Waals surface area contributed by atoms with E-state index in [4.69, 9.17) is 19.4 Å². The zero-order valence-electron chi connectivity index (χ0n) is 29.1. The summed E-state index contributed by atoms with van der Waals surface area (Å²) in [6.07, 6.45) is 1.82. The Labute approximate surface area is 313 Å². The Hall–Kier alpha value is -7.17. The topological polar surface area (TPSA) is 51.8 Å². The zero-order chi connectivity index (χ0) is 35.6. The quantitative estimate of drug-likeness (QED) is 0.180. The van der Waals surface area contributed by atoms with E-state index < -0.39 is 5.41 Å². The van der Waals surface area contributed by atoms with Crippen LogP contribution < -0.4 is 0 Å². The number of benzene rings is 7. The van der Waals surface area contributed by atoms with Crippen molar-refractivity contribution in [3.63, 3.8) is 0 Å². The van der Waals surface area contributed by atoms with Gasteiger partial charge in [0.1, 0.15) is 11.2 Å². The predicted octanol–water partition coefficient (Wildman–Crippen LogP) is 12.1. The van der Waals surface area contributed by atoms with E-state index in [0.29, 0.717) is 17.5 Å². The average molecular weight is 690 g/mol. The molecule has 2 aromatic heterocycles. The Morgan fingerprint density at radius 3 is 1.46 bits per heavy atom. The number of furan rings is 1. The molecule has 0 fully saturated rings. The fourth-order valence-corrected chi connectivity index (χ4v) is 8.61. The van der Waals surface area contributed by atoms with Crippen molar-refractivity contribution in [3.8, 4) is 78.7 Å². The Morgan fingerprint density at radius 1 is 0.315 bits per heavy atom. The minimum atomic E-state index is -0.590. The molecule has 11 rings (SSSR count). The largest absolute Gasteiger partial charge is 0.467 e. The summed E-state index contributed by atoms with van der Waals surface area (Å²) in [5, 5.41) is 0. The van der Waals surface area contributed by atoms with Gasteiger partial charge in [0.2, 0.25) is 0 Å². The van der Waals surface area contributed by atoms with Crippen LogP contribution in [0, 0.1) is 0 Å². The van der Waals surface area contributed by atoms with Crippen molar-refractivity contribution in [2.45, 2.75) is 5.41 Å². The molecule has 7 aromatic carbocycles. The summed E-state index contributed by atoms with van der Waals surface area (Å²) in [6, 6.07) is 64.0. The van der Waals surface area contributed by atoms with Crippen LogP contribution in [0.1, 0.15) is 22.5 Å². The van der Waals surface area contributed by atoms with Crippen molar-refractivity contribution in [3.05, 3.63) is 211 Å². The van der Waals surface area contributed by atoms with Gasteiger partial charge in [-0.05, 0) is 73.8 Å². The molecule has 2 aliphatic rings. The molecule has 2 heterocycles. The van der Waals surface area contributed by atoms with Gasteiger partial charge >= 0.3 is 0 Å². The molecule has 4 heteroatoms. The van der Waals surface area contributed by atoms with Crippen LogP contribution in [0.4, 0.5) is 0 Å². The van der Waals surface area contributed by atoms with E-state index >= 15 is 0 Å². The van der Waals surface area contributed by atoms with Crippen LogP contribution in [0.2, 0.25) is 0 Å². The molecule has 0 bridgehead atoms. The molecular weight excluding hydrogens is 659 g/mol. The smallest absolute Gasteiger partial charge is 0.164 e. The minimum Gasteiger partial charge on any atom is -0.467 e. The van der Waals surface area contributed by atoms with Crippen molar-refractivity contribution in [2.24, 2.45) is 0 Å². The Bertz CT molecular complexity index is 2880. The third-order valence-electron chi connectivity index (χ3n) is 11.0. The molecule has 0 amide bonds. The highest BCUT2D eigenvalue weighted by atomic mass is 16.3. The van der Waals surface area contributed by atoms with Crippen molar-refractivity contribution >= 4 is 0 Å². The van der Waals surface area contributed by atoms with Gasteiger partial charge in [0.25, 0.3) is 0 Å². The molecule has 2 aliphatic carbocycles. The van der Waals surface area contributed by atoms with Crippen molar-refractivity contribution in [2.75, 3.05) is 0 Å². The number of hydrogen-bond acceptors (Lipinski definition) is 4. The average Bonchev–Trinajstić information content (AvgIpc) is 3.93. The maximum atomic E-state index is 6.46. The molecule has 1 atom stereocenters. The summed E-state index contributed by atoms with van der Waals surface area (Å²) in [4.78, 5) is 15.6. The molecule has 1 spiro atoms. The molecule has 0 N–H and O–H groups in total. The van der Waals surface area contributed by atoms with E-state index in [1.807, 2.05) is 18.4 Å². The number of aromatic nitrogens is 3. The van der Waals surface area contributed by atoms with E-state index in [2.05, 4.69) is 170 Å². The lowest BCUT2D eigenvalue weighted by molar-refractivity contribution is 0.474. The fourth-order valence-electron chi connectivity index (χ4n) is 8.61. The van der Waals surface area contributed by atoms with Gasteiger partial charge in [-0.15, -0.1) is 0 Å². The summed E-state index contributed by atoms with van der Waals surface area (Å²) in [5.41, 5.74) is 15.1. The highest BCUT2D eigenvalue weighted by Crippen LogP contribution is 2.63. The first-order chi connectivity index (χ1) is 26.8. The van der Waals surface area contributed by atoms with Gasteiger partial charge in [0.05, 0.1) is 6.26 Å². The van der Waals surface area contributed by atoms with Gasteiger partial charge in [-0.25, -0.2) is 15.0 Å². The molecule has 0 radical (unpaired) electrons. The Morgan fingerprint density at radius 2 is 0.778 bits per heavy atom. The molecule has 1 unspecified atom stereocenters. The SMILES string of the molecule is c1ccc(-c2ccc(-c3nc(-c4cccc(-c5ccccc5)c4)nc(-c4ccc5c(c4)C4(c6ccccc6-5)c5ccccc5-c5ccoc54)n3)cc2)cc1. The van der Waals surface area contributed by atoms with Crippen LogP contribution >= 0.6 is 0 Å². The Kier molecular flexibility index (Phi) is 6.73. The van der Waals surface area contributed by atoms with Crippen molar-refractivity contribution in [1.29, 1.82) is 0 Å². The molecule has 0 saturated carbocycles. The standard InChI is InChI=1S/C50H31N3O/c1-3-12-32(13-4-1)34-22-24-35(25-23-34)47-51-48(37-17-11-16-36(30-37)33-14-5-2-6-15-33)53-49(52-47)38-26-27-41-39-18-7-9-20-43(39)50(45(41)31-38)44-21-10-8-19-40(44)42-28-29-54-46(42)50/h1-31H. The molecule has 9 aromatic rings. The molecule has 0 saturated heterocycles. The van der Waals surface area contributed by atoms with E-state index in [1.165, 1.54) is 38.9 Å². The lowest BCUT2D eigenvalue weighted by atomic mass is 9.73. The Balaban J connectivity index is 1.11.